The molecule has 6 heteroatoms. The summed E-state index contributed by atoms with van der Waals surface area (Å²) in [7, 11) is 0. The lowest BCUT2D eigenvalue weighted by Gasteiger charge is -2.18. The van der Waals surface area contributed by atoms with Crippen molar-refractivity contribution in [1.82, 2.24) is 19.5 Å². The quantitative estimate of drug-likeness (QED) is 0.159. The monoisotopic (exact) mass is 757 g/mol. The molecule has 3 aromatic heterocycles. The van der Waals surface area contributed by atoms with Gasteiger partial charge in [0.05, 0.1) is 17.6 Å². The fourth-order valence-corrected chi connectivity index (χ4v) is 9.48. The van der Waals surface area contributed by atoms with Crippen LogP contribution in [0.15, 0.2) is 188 Å². The Labute approximate surface area is 338 Å². The van der Waals surface area contributed by atoms with Crippen LogP contribution in [0.4, 0.5) is 5.69 Å². The second kappa shape index (κ2) is 13.8. The minimum atomic E-state index is 0.493. The van der Waals surface area contributed by atoms with E-state index in [1.165, 1.54) is 25.7 Å². The molecule has 0 radical (unpaired) electrons. The first-order valence-corrected chi connectivity index (χ1v) is 20.0. The molecule has 270 valence electrons. The Morgan fingerprint density at radius 3 is 1.67 bits per heavy atom. The van der Waals surface area contributed by atoms with Gasteiger partial charge < -0.3 is 4.57 Å². The van der Waals surface area contributed by atoms with Crippen LogP contribution < -0.4 is 0 Å². The number of benzene rings is 8. The van der Waals surface area contributed by atoms with Gasteiger partial charge in [-0.15, -0.1) is 11.3 Å². The molecule has 0 aliphatic carbocycles. The first-order chi connectivity index (χ1) is 28.7. The van der Waals surface area contributed by atoms with Gasteiger partial charge in [-0.05, 0) is 53.1 Å². The minimum absolute atomic E-state index is 0.493. The van der Waals surface area contributed by atoms with Crippen LogP contribution in [-0.2, 0) is 0 Å². The second-order valence-corrected chi connectivity index (χ2v) is 15.3. The van der Waals surface area contributed by atoms with Crippen molar-refractivity contribution < 1.29 is 0 Å². The van der Waals surface area contributed by atoms with Crippen LogP contribution in [0.3, 0.4) is 0 Å². The predicted octanol–water partition coefficient (Wildman–Crippen LogP) is 14.2. The summed E-state index contributed by atoms with van der Waals surface area (Å²) in [6, 6.07) is 64.8. The fourth-order valence-electron chi connectivity index (χ4n) is 8.24. The van der Waals surface area contributed by atoms with Crippen molar-refractivity contribution >= 4 is 59.0 Å². The Kier molecular flexibility index (Phi) is 7.99. The van der Waals surface area contributed by atoms with Crippen LogP contribution in [0, 0.1) is 6.57 Å². The summed E-state index contributed by atoms with van der Waals surface area (Å²) in [4.78, 5) is 19.6. The van der Waals surface area contributed by atoms with Gasteiger partial charge in [0.2, 0.25) is 0 Å². The van der Waals surface area contributed by atoms with Crippen molar-refractivity contribution in [2.24, 2.45) is 0 Å². The van der Waals surface area contributed by atoms with Crippen LogP contribution in [-0.4, -0.2) is 19.5 Å². The van der Waals surface area contributed by atoms with Gasteiger partial charge in [0, 0.05) is 58.9 Å². The third kappa shape index (κ3) is 5.56. The molecule has 3 heterocycles. The highest BCUT2D eigenvalue weighted by Crippen LogP contribution is 2.44. The molecular formula is C52H31N5S. The number of aromatic nitrogens is 4. The number of nitrogens with zero attached hydrogens (tertiary/aromatic N) is 5. The smallest absolute Gasteiger partial charge is 0.197 e. The molecule has 58 heavy (non-hydrogen) atoms. The molecule has 0 spiro atoms. The summed E-state index contributed by atoms with van der Waals surface area (Å²) in [6.07, 6.45) is 0. The van der Waals surface area contributed by atoms with E-state index in [2.05, 4.69) is 143 Å². The van der Waals surface area contributed by atoms with Crippen molar-refractivity contribution in [3.05, 3.63) is 199 Å². The molecule has 0 aliphatic rings. The standard InChI is InChI=1S/C52H31N5S/c1-53-43-31-37(32-46(48(43)33-16-4-2-5-17-33)57-44-27-11-8-22-39(44)40-23-9-12-28-45(40)57)52-55-50(34-18-6-3-7-19-34)54-51(56-52)36-21-14-20-35(30-36)38-25-15-26-42-41-24-10-13-29-47(41)58-49(38)42/h2-32H. The topological polar surface area (TPSA) is 48.0 Å². The Balaban J connectivity index is 1.15. The zero-order valence-corrected chi connectivity index (χ0v) is 31.9. The number of para-hydroxylation sites is 2. The summed E-state index contributed by atoms with van der Waals surface area (Å²) in [6.45, 7) is 8.56. The molecule has 0 saturated heterocycles. The van der Waals surface area contributed by atoms with Gasteiger partial charge >= 0.3 is 0 Å². The van der Waals surface area contributed by atoms with Crippen molar-refractivity contribution in [3.8, 4) is 62.1 Å². The molecule has 0 N–H and O–H groups in total. The van der Waals surface area contributed by atoms with Gasteiger partial charge in [0.1, 0.15) is 0 Å². The summed E-state index contributed by atoms with van der Waals surface area (Å²) in [5.74, 6) is 1.61. The fraction of sp³-hybridized carbons (Fsp3) is 0. The largest absolute Gasteiger partial charge is 0.310 e. The molecule has 11 aromatic rings. The van der Waals surface area contributed by atoms with Gasteiger partial charge in [0.15, 0.2) is 23.2 Å². The highest BCUT2D eigenvalue weighted by Gasteiger charge is 2.22. The van der Waals surface area contributed by atoms with Crippen LogP contribution in [0.1, 0.15) is 0 Å². The lowest BCUT2D eigenvalue weighted by atomic mass is 9.98. The third-order valence-corrected chi connectivity index (χ3v) is 12.1. The summed E-state index contributed by atoms with van der Waals surface area (Å²) in [5.41, 5.74) is 10.1. The maximum absolute atomic E-state index is 8.56. The van der Waals surface area contributed by atoms with E-state index in [1.807, 2.05) is 65.9 Å². The van der Waals surface area contributed by atoms with Crippen molar-refractivity contribution in [3.63, 3.8) is 0 Å². The van der Waals surface area contributed by atoms with Crippen LogP contribution in [0.2, 0.25) is 0 Å². The first-order valence-electron chi connectivity index (χ1n) is 19.1. The van der Waals surface area contributed by atoms with Gasteiger partial charge in [-0.1, -0.05) is 152 Å². The number of hydrogen-bond acceptors (Lipinski definition) is 4. The molecule has 5 nitrogen and oxygen atoms in total. The van der Waals surface area contributed by atoms with Crippen molar-refractivity contribution in [1.29, 1.82) is 0 Å². The molecular weight excluding hydrogens is 727 g/mol. The Morgan fingerprint density at radius 2 is 0.966 bits per heavy atom. The van der Waals surface area contributed by atoms with E-state index >= 15 is 0 Å². The highest BCUT2D eigenvalue weighted by molar-refractivity contribution is 7.26. The SMILES string of the molecule is [C-]#[N+]c1cc(-c2nc(-c3ccccc3)nc(-c3cccc(-c4cccc5c4sc4ccccc45)c3)n2)cc(-n2c3ccccc3c3ccccc32)c1-c1ccccc1. The summed E-state index contributed by atoms with van der Waals surface area (Å²) in [5, 5.41) is 4.82. The van der Waals surface area contributed by atoms with E-state index in [0.29, 0.717) is 23.2 Å². The Bertz CT molecular complexity index is 3360. The lowest BCUT2D eigenvalue weighted by molar-refractivity contribution is 1.07. The molecule has 0 aliphatic heterocycles. The molecule has 0 unspecified atom stereocenters. The third-order valence-electron chi connectivity index (χ3n) is 10.9. The lowest BCUT2D eigenvalue weighted by Crippen LogP contribution is -2.02. The summed E-state index contributed by atoms with van der Waals surface area (Å²) >= 11 is 1.82. The highest BCUT2D eigenvalue weighted by atomic mass is 32.1. The second-order valence-electron chi connectivity index (χ2n) is 14.3. The minimum Gasteiger partial charge on any atom is -0.310 e. The van der Waals surface area contributed by atoms with E-state index in [1.54, 1.807) is 0 Å². The maximum atomic E-state index is 8.56. The predicted molar refractivity (Wildman–Crippen MR) is 240 cm³/mol. The van der Waals surface area contributed by atoms with E-state index in [-0.39, 0.29) is 0 Å². The average molecular weight is 758 g/mol. The Hall–Kier alpha value is -7.72. The van der Waals surface area contributed by atoms with Gasteiger partial charge in [-0.3, -0.25) is 0 Å². The maximum Gasteiger partial charge on any atom is 0.197 e. The van der Waals surface area contributed by atoms with Crippen molar-refractivity contribution in [2.75, 3.05) is 0 Å². The molecule has 0 bridgehead atoms. The van der Waals surface area contributed by atoms with Crippen LogP contribution in [0.5, 0.6) is 0 Å². The number of rotatable bonds is 6. The molecule has 0 atom stereocenters. The van der Waals surface area contributed by atoms with Gasteiger partial charge in [-0.25, -0.2) is 19.8 Å². The van der Waals surface area contributed by atoms with Gasteiger partial charge in [0.25, 0.3) is 0 Å². The van der Waals surface area contributed by atoms with Crippen LogP contribution >= 0.6 is 11.3 Å². The molecule has 0 amide bonds. The van der Waals surface area contributed by atoms with E-state index in [4.69, 9.17) is 21.5 Å². The van der Waals surface area contributed by atoms with Crippen LogP contribution in [0.25, 0.3) is 109 Å². The van der Waals surface area contributed by atoms with E-state index in [9.17, 15) is 0 Å². The number of fused-ring (bicyclic) bond motifs is 6. The number of thiophene rings is 1. The number of hydrogen-bond donors (Lipinski definition) is 0. The molecule has 0 fully saturated rings. The zero-order chi connectivity index (χ0) is 38.6. The molecule has 8 aromatic carbocycles. The molecule has 11 rings (SSSR count). The van der Waals surface area contributed by atoms with Gasteiger partial charge in [-0.2, -0.15) is 0 Å². The van der Waals surface area contributed by atoms with E-state index < -0.39 is 0 Å². The summed E-state index contributed by atoms with van der Waals surface area (Å²) < 4.78 is 4.81. The normalized spacial score (nSPS) is 11.4. The van der Waals surface area contributed by atoms with E-state index in [0.717, 1.165) is 60.9 Å². The van der Waals surface area contributed by atoms with Crippen molar-refractivity contribution in [2.45, 2.75) is 0 Å². The molecule has 0 saturated carbocycles. The first kappa shape index (κ1) is 33.6. The zero-order valence-electron chi connectivity index (χ0n) is 31.0. The average Bonchev–Trinajstić information content (AvgIpc) is 3.85. The Morgan fingerprint density at radius 1 is 0.431 bits per heavy atom.